The van der Waals surface area contributed by atoms with Gasteiger partial charge < -0.3 is 20.0 Å². The summed E-state index contributed by atoms with van der Waals surface area (Å²) in [5.74, 6) is 0.177. The second-order valence-corrected chi connectivity index (χ2v) is 13.6. The highest BCUT2D eigenvalue weighted by Gasteiger charge is 2.53. The van der Waals surface area contributed by atoms with Gasteiger partial charge in [0.2, 0.25) is 0 Å². The van der Waals surface area contributed by atoms with Crippen LogP contribution in [0.2, 0.25) is 18.1 Å². The molecule has 1 aliphatic heterocycles. The second kappa shape index (κ2) is 7.26. The molecular weight excluding hydrogens is 453 g/mol. The third-order valence-corrected chi connectivity index (χ3v) is 11.0. The summed E-state index contributed by atoms with van der Waals surface area (Å²) in [6, 6.07) is 1.57. The third-order valence-electron chi connectivity index (χ3n) is 5.27. The van der Waals surface area contributed by atoms with Crippen molar-refractivity contribution in [3.63, 3.8) is 0 Å². The molecule has 0 spiro atoms. The fourth-order valence-corrected chi connectivity index (χ4v) is 4.88. The SMILES string of the molecule is CC(C)(C)[Si](C)(C)O[C@H]1C[C@H](n2ccc(N)nc2=O)O[C@@]1(CO)CI. The van der Waals surface area contributed by atoms with E-state index in [2.05, 4.69) is 61.4 Å². The van der Waals surface area contributed by atoms with Gasteiger partial charge in [0.25, 0.3) is 0 Å². The van der Waals surface area contributed by atoms with E-state index in [1.807, 2.05) is 0 Å². The molecule has 1 aliphatic rings. The summed E-state index contributed by atoms with van der Waals surface area (Å²) in [5, 5.41) is 10.1. The van der Waals surface area contributed by atoms with Crippen molar-refractivity contribution in [3.05, 3.63) is 22.7 Å². The summed E-state index contributed by atoms with van der Waals surface area (Å²) in [7, 11) is -2.06. The number of nitrogen functional groups attached to an aromatic ring is 1. The van der Waals surface area contributed by atoms with Crippen LogP contribution in [0.5, 0.6) is 0 Å². The van der Waals surface area contributed by atoms with Gasteiger partial charge in [0.1, 0.15) is 17.6 Å². The lowest BCUT2D eigenvalue weighted by Crippen LogP contribution is -2.53. The number of aliphatic hydroxyl groups excluding tert-OH is 1. The average molecular weight is 481 g/mol. The van der Waals surface area contributed by atoms with Crippen molar-refractivity contribution >= 4 is 36.7 Å². The van der Waals surface area contributed by atoms with Crippen molar-refractivity contribution in [2.45, 2.75) is 63.3 Å². The Balaban J connectivity index is 2.34. The van der Waals surface area contributed by atoms with Crippen molar-refractivity contribution in [1.29, 1.82) is 0 Å². The minimum absolute atomic E-state index is 0.0388. The Morgan fingerprint density at radius 3 is 2.68 bits per heavy atom. The highest BCUT2D eigenvalue weighted by atomic mass is 127. The van der Waals surface area contributed by atoms with Gasteiger partial charge in [-0.3, -0.25) is 4.57 Å². The number of nitrogens with zero attached hydrogens (tertiary/aromatic N) is 2. The Labute approximate surface area is 163 Å². The maximum absolute atomic E-state index is 12.2. The first kappa shape index (κ1) is 20.8. The number of alkyl halides is 1. The molecule has 0 aromatic carbocycles. The number of aromatic nitrogens is 2. The number of nitrogens with two attached hydrogens (primary N) is 1. The van der Waals surface area contributed by atoms with E-state index in [9.17, 15) is 9.90 Å². The number of anilines is 1. The smallest absolute Gasteiger partial charge is 0.351 e. The van der Waals surface area contributed by atoms with E-state index in [0.29, 0.717) is 10.8 Å². The molecule has 7 nitrogen and oxygen atoms in total. The van der Waals surface area contributed by atoms with Gasteiger partial charge in [-0.15, -0.1) is 0 Å². The molecular formula is C16H28IN3O4Si. The molecule has 3 N–H and O–H groups in total. The second-order valence-electron chi connectivity index (χ2n) is 8.07. The molecule has 1 aromatic heterocycles. The van der Waals surface area contributed by atoms with Crippen LogP contribution >= 0.6 is 22.6 Å². The molecule has 2 heterocycles. The van der Waals surface area contributed by atoms with Crippen LogP contribution in [-0.4, -0.2) is 45.7 Å². The van der Waals surface area contributed by atoms with Crippen molar-refractivity contribution in [2.24, 2.45) is 0 Å². The zero-order valence-corrected chi connectivity index (χ0v) is 18.6. The van der Waals surface area contributed by atoms with Crippen molar-refractivity contribution in [2.75, 3.05) is 16.8 Å². The van der Waals surface area contributed by atoms with Crippen molar-refractivity contribution < 1.29 is 14.3 Å². The van der Waals surface area contributed by atoms with Crippen LogP contribution < -0.4 is 11.4 Å². The maximum atomic E-state index is 12.2. The van der Waals surface area contributed by atoms with E-state index >= 15 is 0 Å². The fraction of sp³-hybridized carbons (Fsp3) is 0.750. The lowest BCUT2D eigenvalue weighted by Gasteiger charge is -2.42. The summed E-state index contributed by atoms with van der Waals surface area (Å²) < 4.78 is 14.7. The lowest BCUT2D eigenvalue weighted by atomic mass is 10.0. The summed E-state index contributed by atoms with van der Waals surface area (Å²) in [5.41, 5.74) is 4.27. The van der Waals surface area contributed by atoms with Gasteiger partial charge in [-0.25, -0.2) is 4.79 Å². The molecule has 3 atom stereocenters. The van der Waals surface area contributed by atoms with Crippen molar-refractivity contribution in [3.8, 4) is 0 Å². The van der Waals surface area contributed by atoms with E-state index in [0.717, 1.165) is 0 Å². The molecule has 0 radical (unpaired) electrons. The molecule has 0 bridgehead atoms. The summed E-state index contributed by atoms with van der Waals surface area (Å²) in [4.78, 5) is 15.9. The Morgan fingerprint density at radius 2 is 2.20 bits per heavy atom. The van der Waals surface area contributed by atoms with Crippen LogP contribution in [0.15, 0.2) is 17.1 Å². The summed E-state index contributed by atoms with van der Waals surface area (Å²) in [6.07, 6.45) is 1.25. The molecule has 1 fully saturated rings. The van der Waals surface area contributed by atoms with Gasteiger partial charge in [-0.2, -0.15) is 4.98 Å². The first-order valence-electron chi connectivity index (χ1n) is 8.33. The highest BCUT2D eigenvalue weighted by Crippen LogP contribution is 2.44. The predicted octanol–water partition coefficient (Wildman–Crippen LogP) is 2.30. The normalized spacial score (nSPS) is 27.6. The Bertz CT molecular complexity index is 670. The highest BCUT2D eigenvalue weighted by molar-refractivity contribution is 14.1. The van der Waals surface area contributed by atoms with Gasteiger partial charge in [0, 0.05) is 17.0 Å². The molecule has 25 heavy (non-hydrogen) atoms. The van der Waals surface area contributed by atoms with Crippen LogP contribution in [-0.2, 0) is 9.16 Å². The van der Waals surface area contributed by atoms with E-state index in [1.54, 1.807) is 12.3 Å². The molecule has 1 saturated heterocycles. The minimum atomic E-state index is -2.06. The largest absolute Gasteiger partial charge is 0.411 e. The third kappa shape index (κ3) is 4.10. The topological polar surface area (TPSA) is 99.6 Å². The lowest BCUT2D eigenvalue weighted by molar-refractivity contribution is -0.109. The number of ether oxygens (including phenoxy) is 1. The maximum Gasteiger partial charge on any atom is 0.351 e. The molecule has 142 valence electrons. The van der Waals surface area contributed by atoms with E-state index in [-0.39, 0.29) is 23.6 Å². The molecule has 1 aromatic rings. The first-order chi connectivity index (χ1) is 11.5. The minimum Gasteiger partial charge on any atom is -0.411 e. The quantitative estimate of drug-likeness (QED) is 0.381. The zero-order chi connectivity index (χ0) is 19.0. The summed E-state index contributed by atoms with van der Waals surface area (Å²) in [6.45, 7) is 10.7. The van der Waals surface area contributed by atoms with Crippen LogP contribution in [0.1, 0.15) is 33.4 Å². The van der Waals surface area contributed by atoms with Gasteiger partial charge in [0.05, 0.1) is 12.7 Å². The average Bonchev–Trinajstić information content (AvgIpc) is 2.84. The molecule has 0 amide bonds. The van der Waals surface area contributed by atoms with Gasteiger partial charge in [0.15, 0.2) is 8.32 Å². The number of rotatable bonds is 5. The fourth-order valence-electron chi connectivity index (χ4n) is 2.60. The summed E-state index contributed by atoms with van der Waals surface area (Å²) >= 11 is 2.20. The Morgan fingerprint density at radius 1 is 1.56 bits per heavy atom. The van der Waals surface area contributed by atoms with Crippen molar-refractivity contribution in [1.82, 2.24) is 9.55 Å². The molecule has 9 heteroatoms. The zero-order valence-electron chi connectivity index (χ0n) is 15.5. The first-order valence-corrected chi connectivity index (χ1v) is 12.8. The molecule has 0 saturated carbocycles. The predicted molar refractivity (Wildman–Crippen MR) is 108 cm³/mol. The molecule has 0 unspecified atom stereocenters. The Kier molecular flexibility index (Phi) is 6.04. The van der Waals surface area contributed by atoms with E-state index in [1.165, 1.54) is 4.57 Å². The van der Waals surface area contributed by atoms with Crippen LogP contribution in [0, 0.1) is 0 Å². The van der Waals surface area contributed by atoms with Crippen LogP contribution in [0.25, 0.3) is 0 Å². The van der Waals surface area contributed by atoms with E-state index in [4.69, 9.17) is 14.9 Å². The van der Waals surface area contributed by atoms with Gasteiger partial charge >= 0.3 is 5.69 Å². The van der Waals surface area contributed by atoms with Gasteiger partial charge in [-0.05, 0) is 24.2 Å². The molecule has 2 rings (SSSR count). The standard InChI is InChI=1S/C16H28IN3O4Si/c1-15(2,3)25(4,5)24-11-8-13(23-16(11,9-17)10-21)20-7-6-12(18)19-14(20)22/h6-7,11,13,21H,8-10H2,1-5H3,(H2,18,19,22)/t11-,13+,16+/m0/s1. The monoisotopic (exact) mass is 481 g/mol. The van der Waals surface area contributed by atoms with E-state index < -0.39 is 25.8 Å². The number of hydrogen-bond donors (Lipinski definition) is 2. The number of halogens is 1. The number of aliphatic hydroxyl groups is 1. The van der Waals surface area contributed by atoms with Crippen LogP contribution in [0.4, 0.5) is 5.82 Å². The number of hydrogen-bond acceptors (Lipinski definition) is 6. The van der Waals surface area contributed by atoms with Crippen LogP contribution in [0.3, 0.4) is 0 Å². The Hall–Kier alpha value is -0.493. The van der Waals surface area contributed by atoms with Gasteiger partial charge in [-0.1, -0.05) is 43.4 Å². The molecule has 0 aliphatic carbocycles.